The Hall–Kier alpha value is -12.2. The van der Waals surface area contributed by atoms with Crippen LogP contribution in [0.5, 0.6) is 11.5 Å². The van der Waals surface area contributed by atoms with E-state index >= 15 is 19.2 Å². The number of aromatic nitrogens is 3. The lowest BCUT2D eigenvalue weighted by Gasteiger charge is -2.45. The molecule has 0 aliphatic carbocycles. The zero-order valence-electron chi connectivity index (χ0n) is 75.5. The first-order chi connectivity index (χ1) is 59.3. The lowest BCUT2D eigenvalue weighted by molar-refractivity contribution is -0.158. The second-order valence-corrected chi connectivity index (χ2v) is 37.2. The van der Waals surface area contributed by atoms with Crippen molar-refractivity contribution in [3.8, 4) is 11.5 Å². The van der Waals surface area contributed by atoms with E-state index in [0.29, 0.717) is 40.3 Å². The fourth-order valence-corrected chi connectivity index (χ4v) is 15.4. The van der Waals surface area contributed by atoms with Gasteiger partial charge in [0, 0.05) is 58.3 Å². The molecule has 13 atom stereocenters. The topological polar surface area (TPSA) is 400 Å². The van der Waals surface area contributed by atoms with Crippen molar-refractivity contribution in [1.82, 2.24) is 71.8 Å². The number of rotatable bonds is 18. The van der Waals surface area contributed by atoms with E-state index in [1.165, 1.54) is 57.1 Å². The Kier molecular flexibility index (Phi) is 31.2. The molecule has 126 heavy (non-hydrogen) atoms. The quantitative estimate of drug-likeness (QED) is 0.0168. The van der Waals surface area contributed by atoms with Gasteiger partial charge < -0.3 is 75.6 Å². The van der Waals surface area contributed by atoms with E-state index in [1.54, 1.807) is 142 Å². The highest BCUT2D eigenvalue weighted by Gasteiger charge is 2.54. The highest BCUT2D eigenvalue weighted by molar-refractivity contribution is 5.97. The van der Waals surface area contributed by atoms with Crippen molar-refractivity contribution in [2.45, 2.75) is 239 Å². The number of nitrogens with zero attached hydrogens (tertiary/aromatic N) is 7. The maximum atomic E-state index is 16.1. The van der Waals surface area contributed by atoms with Gasteiger partial charge in [0.25, 0.3) is 0 Å². The SMILES string of the molecule is C=CCOC(=O)[C@@H]1Cc2ccc(cc2)OCc2cn(nn2)[C@H]2C[C@H](N(C(=O)[C@@H](NC(=O)[C@H](C)N(C)C(=O)OC(C)(C)C)C(C)(C)C)C2)C(O)(N[C@H](C)Cc2ccc3ccccc3c2)N[C@H](C(=O)OC)Cc2ccc(cc2)OC/C(N)=C/N[C@H]2C[C@@H](C(=O)N[C@@H](Cc3ccc4ccccc4c3)C(=O)N1)N(C(=O)[C@@H](NC(=O)[C@H](C)N(C)C(=O)OC(C)(C)C)C(C)(C)C)C2. The average Bonchev–Trinajstić information content (AvgIpc) is 1.60. The number of nitrogens with two attached hydrogens (primary N) is 1. The molecular formula is C94H125N15O17. The summed E-state index contributed by atoms with van der Waals surface area (Å²) in [6.45, 7) is 28.6. The molecule has 2 saturated heterocycles. The minimum absolute atomic E-state index is 0.0369. The number of carbonyl (C=O) groups excluding carboxylic acids is 10. The fraction of sp³-hybridized carbons (Fsp3) is 0.489. The summed E-state index contributed by atoms with van der Waals surface area (Å²) in [5.74, 6) is -7.40. The van der Waals surface area contributed by atoms with E-state index in [1.807, 2.05) is 85.8 Å². The summed E-state index contributed by atoms with van der Waals surface area (Å²) in [6, 6.07) is 27.1. The third kappa shape index (κ3) is 25.6. The molecule has 8 amide bonds. The molecule has 678 valence electrons. The number of nitrogens with one attached hydrogen (secondary N) is 7. The number of amides is 8. The van der Waals surface area contributed by atoms with Crippen LogP contribution in [-0.4, -0.2) is 230 Å². The number of esters is 2. The van der Waals surface area contributed by atoms with Crippen molar-refractivity contribution in [2.24, 2.45) is 16.6 Å². The van der Waals surface area contributed by atoms with Crippen LogP contribution in [0, 0.1) is 10.8 Å². The minimum Gasteiger partial charge on any atom is -0.487 e. The van der Waals surface area contributed by atoms with Crippen LogP contribution in [0.25, 0.3) is 21.5 Å². The van der Waals surface area contributed by atoms with Crippen molar-refractivity contribution >= 4 is 81.1 Å². The van der Waals surface area contributed by atoms with Crippen molar-refractivity contribution in [3.05, 3.63) is 192 Å². The van der Waals surface area contributed by atoms with Gasteiger partial charge >= 0.3 is 24.1 Å². The summed E-state index contributed by atoms with van der Waals surface area (Å²) in [7, 11) is 4.06. The van der Waals surface area contributed by atoms with Crippen LogP contribution in [0.3, 0.4) is 0 Å². The van der Waals surface area contributed by atoms with Gasteiger partial charge in [0.2, 0.25) is 35.4 Å². The maximum absolute atomic E-state index is 16.1. The van der Waals surface area contributed by atoms with E-state index in [4.69, 9.17) is 34.2 Å². The summed E-state index contributed by atoms with van der Waals surface area (Å²) in [6.07, 6.45) is 2.94. The van der Waals surface area contributed by atoms with Gasteiger partial charge in [-0.15, -0.1) is 5.10 Å². The first-order valence-electron chi connectivity index (χ1n) is 42.6. The van der Waals surface area contributed by atoms with Gasteiger partial charge in [-0.25, -0.2) is 19.1 Å². The molecule has 32 heteroatoms. The Morgan fingerprint density at radius 2 is 1.15 bits per heavy atom. The van der Waals surface area contributed by atoms with Crippen LogP contribution in [-0.2, 0) is 89.6 Å². The molecule has 13 rings (SSSR count). The van der Waals surface area contributed by atoms with Gasteiger partial charge in [-0.05, 0) is 167 Å². The lowest BCUT2D eigenvalue weighted by atomic mass is 9.85. The number of methoxy groups -OCH3 is 1. The number of aliphatic hydroxyl groups is 1. The van der Waals surface area contributed by atoms with E-state index in [0.717, 1.165) is 36.9 Å². The van der Waals surface area contributed by atoms with Crippen LogP contribution in [0.4, 0.5) is 9.59 Å². The monoisotopic (exact) mass is 1740 g/mol. The summed E-state index contributed by atoms with van der Waals surface area (Å²) in [5, 5.41) is 48.7. The first kappa shape index (κ1) is 96.1. The Morgan fingerprint density at radius 3 is 1.67 bits per heavy atom. The molecule has 1 unspecified atom stereocenters. The van der Waals surface area contributed by atoms with Crippen LogP contribution >= 0.6 is 0 Å². The zero-order chi connectivity index (χ0) is 92.1. The molecule has 0 radical (unpaired) electrons. The van der Waals surface area contributed by atoms with Gasteiger partial charge in [0.1, 0.15) is 96.6 Å². The number of likely N-dealkylation sites (tertiary alicyclic amines) is 2. The van der Waals surface area contributed by atoms with Crippen molar-refractivity contribution < 1.29 is 81.5 Å². The molecule has 1 aromatic heterocycles. The smallest absolute Gasteiger partial charge is 0.410 e. The average molecular weight is 1740 g/mol. The molecular weight excluding hydrogens is 1610 g/mol. The van der Waals surface area contributed by atoms with Gasteiger partial charge in [0.15, 0.2) is 5.85 Å². The van der Waals surface area contributed by atoms with E-state index in [2.05, 4.69) is 60.2 Å². The molecule has 0 saturated carbocycles. The largest absolute Gasteiger partial charge is 0.487 e. The summed E-state index contributed by atoms with van der Waals surface area (Å²) >= 11 is 0. The molecule has 7 aromatic rings. The van der Waals surface area contributed by atoms with Gasteiger partial charge in [-0.3, -0.25) is 54.0 Å². The number of fused-ring (bicyclic) bond motifs is 2. The van der Waals surface area contributed by atoms with Crippen molar-refractivity contribution in [2.75, 3.05) is 47.5 Å². The second kappa shape index (κ2) is 40.9. The highest BCUT2D eigenvalue weighted by Crippen LogP contribution is 2.37. The van der Waals surface area contributed by atoms with E-state index < -0.39 is 160 Å². The molecule has 2 fully saturated rings. The number of hydrogen-bond donors (Lipinski definition) is 9. The zero-order valence-corrected chi connectivity index (χ0v) is 75.5. The van der Waals surface area contributed by atoms with E-state index in [9.17, 15) is 33.9 Å². The highest BCUT2D eigenvalue weighted by atomic mass is 16.6. The number of likely N-dealkylation sites (N-methyl/N-ethyl adjacent to an activating group) is 2. The molecule has 6 aliphatic heterocycles. The molecule has 6 aliphatic rings. The van der Waals surface area contributed by atoms with Crippen molar-refractivity contribution in [1.29, 1.82) is 0 Å². The summed E-state index contributed by atoms with van der Waals surface area (Å²) < 4.78 is 36.5. The van der Waals surface area contributed by atoms with Crippen LogP contribution in [0.15, 0.2) is 164 Å². The predicted molar refractivity (Wildman–Crippen MR) is 475 cm³/mol. The number of ether oxygens (including phenoxy) is 6. The Morgan fingerprint density at radius 1 is 0.643 bits per heavy atom. The lowest BCUT2D eigenvalue weighted by Crippen LogP contribution is -2.73. The van der Waals surface area contributed by atoms with Gasteiger partial charge in [-0.1, -0.05) is 169 Å². The Labute approximate surface area is 737 Å². The van der Waals surface area contributed by atoms with Crippen LogP contribution in [0.1, 0.15) is 151 Å². The molecule has 0 spiro atoms. The first-order valence-corrected chi connectivity index (χ1v) is 42.6. The molecule has 10 N–H and O–H groups in total. The number of benzene rings is 6. The fourth-order valence-electron chi connectivity index (χ4n) is 15.4. The number of carbonyl (C=O) groups is 10. The third-order valence-corrected chi connectivity index (χ3v) is 22.5. The standard InChI is InChI=1S/C94H125N15O17/c1-20-41-122-87(117)74-45-59-31-39-72(40-32-59)124-55-69-52-109(104-103-69)70-49-77(108(53-70)85(115)79(91(8,9)10)100-81(111)58(4)106(18)89(119)126-93(14,15)16)94(120,101-56(2)42-61-29-35-63-25-21-23-27-65(63)43-61)102-75(86(116)121-19)46-60-33-37-71(38-34-60)123-54-67(95)50-96-68-48-76(83(113)97-73(82(112)98-74)47-62-30-36-64-26-22-24-28-66(64)44-62)107(51-68)84(114)78(90(5,6)7)99-80(110)57(3)105(17)88(118)125-92(11,12)13/h20-40,43-44,50,52,56-58,68,70,73-79,96,101-102,120H,1,41-42,45-49,51,53-55,95H2,2-19H3,(H,97,113)(H,98,112)(H,99,110)(H,100,111)/b67-50-/t56-,57+,58+,68+,70+,73+,74+,75+,76+,77+,78-,79-,94?/m1/s1. The Balaban J connectivity index is 1.03. The third-order valence-electron chi connectivity index (χ3n) is 22.5. The Bertz CT molecular complexity index is 5090. The predicted octanol–water partition coefficient (Wildman–Crippen LogP) is 8.35. The van der Waals surface area contributed by atoms with Crippen molar-refractivity contribution in [3.63, 3.8) is 0 Å². The summed E-state index contributed by atoms with van der Waals surface area (Å²) in [5.41, 5.74) is 6.12. The van der Waals surface area contributed by atoms with Crippen LogP contribution in [0.2, 0.25) is 0 Å². The number of hydrogen-bond acceptors (Lipinski definition) is 23. The van der Waals surface area contributed by atoms with Gasteiger partial charge in [-0.2, -0.15) is 0 Å². The normalized spacial score (nSPS) is 21.7. The molecule has 10 bridgehead atoms. The molecule has 32 nitrogen and oxygen atoms in total. The molecule has 6 aromatic carbocycles. The molecule has 7 heterocycles. The van der Waals surface area contributed by atoms with Gasteiger partial charge in [0.05, 0.1) is 31.1 Å². The maximum Gasteiger partial charge on any atom is 0.410 e. The minimum atomic E-state index is -2.39. The second-order valence-electron chi connectivity index (χ2n) is 37.2. The van der Waals surface area contributed by atoms with E-state index in [-0.39, 0.29) is 70.7 Å². The van der Waals surface area contributed by atoms with Crippen LogP contribution < -0.4 is 52.4 Å². The summed E-state index contributed by atoms with van der Waals surface area (Å²) in [4.78, 5) is 152.